The van der Waals surface area contributed by atoms with Crippen LogP contribution >= 0.6 is 0 Å². The first-order valence-electron chi connectivity index (χ1n) is 7.15. The van der Waals surface area contributed by atoms with Gasteiger partial charge in [-0.2, -0.15) is 0 Å². The van der Waals surface area contributed by atoms with Crippen LogP contribution in [0, 0.1) is 0 Å². The van der Waals surface area contributed by atoms with E-state index < -0.39 is 9.84 Å². The summed E-state index contributed by atoms with van der Waals surface area (Å²) in [6.45, 7) is 4.78. The van der Waals surface area contributed by atoms with Crippen LogP contribution in [0.3, 0.4) is 0 Å². The van der Waals surface area contributed by atoms with Gasteiger partial charge in [0, 0.05) is 25.3 Å². The monoisotopic (exact) mass is 311 g/mol. The molecule has 0 bridgehead atoms. The molecule has 1 aromatic heterocycles. The fourth-order valence-corrected chi connectivity index (χ4v) is 3.97. The highest BCUT2D eigenvalue weighted by atomic mass is 32.2. The molecule has 2 heterocycles. The quantitative estimate of drug-likeness (QED) is 0.903. The Balaban J connectivity index is 2.20. The van der Waals surface area contributed by atoms with E-state index >= 15 is 0 Å². The smallest absolute Gasteiger partial charge is 0.257 e. The molecule has 1 aliphatic rings. The van der Waals surface area contributed by atoms with Crippen molar-refractivity contribution in [3.63, 3.8) is 0 Å². The van der Waals surface area contributed by atoms with Crippen LogP contribution in [-0.2, 0) is 9.84 Å². The van der Waals surface area contributed by atoms with E-state index in [4.69, 9.17) is 0 Å². The molecule has 0 radical (unpaired) electrons. The molecule has 1 unspecified atom stereocenters. The molecule has 1 fully saturated rings. The number of hydrogen-bond acceptors (Lipinski definition) is 5. The lowest BCUT2D eigenvalue weighted by Crippen LogP contribution is -2.49. The average molecular weight is 311 g/mol. The van der Waals surface area contributed by atoms with Gasteiger partial charge in [0.25, 0.3) is 5.91 Å². The topological polar surface area (TPSA) is 79.4 Å². The van der Waals surface area contributed by atoms with E-state index in [9.17, 15) is 13.2 Å². The number of carbonyl (C=O) groups is 1. The van der Waals surface area contributed by atoms with Gasteiger partial charge in [-0.1, -0.05) is 6.92 Å². The third-order valence-electron chi connectivity index (χ3n) is 3.51. The molecule has 21 heavy (non-hydrogen) atoms. The minimum Gasteiger partial charge on any atom is -0.369 e. The van der Waals surface area contributed by atoms with Gasteiger partial charge in [-0.3, -0.25) is 4.79 Å². The molecule has 0 aromatic carbocycles. The molecular formula is C14H21N3O3S. The molecule has 1 aromatic rings. The van der Waals surface area contributed by atoms with Crippen LogP contribution in [0.25, 0.3) is 0 Å². The molecule has 1 saturated heterocycles. The lowest BCUT2D eigenvalue weighted by molar-refractivity contribution is 0.0713. The van der Waals surface area contributed by atoms with Gasteiger partial charge in [-0.25, -0.2) is 13.4 Å². The van der Waals surface area contributed by atoms with E-state index in [0.717, 1.165) is 13.0 Å². The van der Waals surface area contributed by atoms with Gasteiger partial charge in [0.05, 0.1) is 17.1 Å². The van der Waals surface area contributed by atoms with Crippen LogP contribution in [0.15, 0.2) is 18.3 Å². The number of rotatable bonds is 4. The summed E-state index contributed by atoms with van der Waals surface area (Å²) < 4.78 is 23.2. The number of amides is 1. The minimum absolute atomic E-state index is 0.0245. The zero-order chi connectivity index (χ0) is 15.5. The van der Waals surface area contributed by atoms with E-state index in [-0.39, 0.29) is 30.0 Å². The zero-order valence-corrected chi connectivity index (χ0v) is 13.2. The third-order valence-corrected chi connectivity index (χ3v) is 5.31. The SMILES string of the molecule is CCCNc1ncccc1C(=O)N1CCS(=O)(=O)CC1C. The average Bonchev–Trinajstić information content (AvgIpc) is 2.44. The van der Waals surface area contributed by atoms with E-state index in [1.54, 1.807) is 30.2 Å². The summed E-state index contributed by atoms with van der Waals surface area (Å²) >= 11 is 0. The van der Waals surface area contributed by atoms with Crippen molar-refractivity contribution >= 4 is 21.6 Å². The summed E-state index contributed by atoms with van der Waals surface area (Å²) in [5, 5.41) is 3.14. The normalized spacial score (nSPS) is 21.0. The second-order valence-corrected chi connectivity index (χ2v) is 7.52. The highest BCUT2D eigenvalue weighted by Gasteiger charge is 2.32. The van der Waals surface area contributed by atoms with Crippen LogP contribution in [0.1, 0.15) is 30.6 Å². The second-order valence-electron chi connectivity index (χ2n) is 5.29. The summed E-state index contributed by atoms with van der Waals surface area (Å²) in [5.74, 6) is 0.451. The van der Waals surface area contributed by atoms with Crippen molar-refractivity contribution in [3.8, 4) is 0 Å². The summed E-state index contributed by atoms with van der Waals surface area (Å²) in [5.41, 5.74) is 0.497. The predicted molar refractivity (Wildman–Crippen MR) is 82.2 cm³/mol. The number of nitrogens with one attached hydrogen (secondary N) is 1. The molecule has 6 nitrogen and oxygen atoms in total. The number of carbonyl (C=O) groups excluding carboxylic acids is 1. The van der Waals surface area contributed by atoms with Crippen LogP contribution < -0.4 is 5.32 Å². The van der Waals surface area contributed by atoms with Crippen molar-refractivity contribution < 1.29 is 13.2 Å². The van der Waals surface area contributed by atoms with E-state index in [2.05, 4.69) is 10.3 Å². The van der Waals surface area contributed by atoms with Crippen molar-refractivity contribution in [2.24, 2.45) is 0 Å². The Hall–Kier alpha value is -1.63. The molecule has 2 rings (SSSR count). The van der Waals surface area contributed by atoms with Crippen molar-refractivity contribution in [2.45, 2.75) is 26.3 Å². The summed E-state index contributed by atoms with van der Waals surface area (Å²) in [6.07, 6.45) is 2.57. The van der Waals surface area contributed by atoms with E-state index in [0.29, 0.717) is 11.4 Å². The summed E-state index contributed by atoms with van der Waals surface area (Å²) in [7, 11) is -3.03. The Morgan fingerprint density at radius 1 is 1.52 bits per heavy atom. The number of sulfone groups is 1. The van der Waals surface area contributed by atoms with Crippen molar-refractivity contribution in [3.05, 3.63) is 23.9 Å². The summed E-state index contributed by atoms with van der Waals surface area (Å²) in [6, 6.07) is 3.13. The number of pyridine rings is 1. The highest BCUT2D eigenvalue weighted by Crippen LogP contribution is 2.19. The lowest BCUT2D eigenvalue weighted by Gasteiger charge is -2.33. The Morgan fingerprint density at radius 3 is 2.95 bits per heavy atom. The van der Waals surface area contributed by atoms with E-state index in [1.807, 2.05) is 6.92 Å². The number of hydrogen-bond donors (Lipinski definition) is 1. The van der Waals surface area contributed by atoms with Gasteiger partial charge in [0.1, 0.15) is 5.82 Å². The molecule has 7 heteroatoms. The number of aromatic nitrogens is 1. The van der Waals surface area contributed by atoms with Gasteiger partial charge in [-0.15, -0.1) is 0 Å². The fourth-order valence-electron chi connectivity index (χ4n) is 2.42. The maximum atomic E-state index is 12.7. The standard InChI is InChI=1S/C14H21N3O3S/c1-3-6-15-13-12(5-4-7-16-13)14(18)17-8-9-21(19,20)10-11(17)2/h4-5,7,11H,3,6,8-10H2,1-2H3,(H,15,16). The fraction of sp³-hybridized carbons (Fsp3) is 0.571. The molecule has 0 saturated carbocycles. The molecule has 116 valence electrons. The predicted octanol–water partition coefficient (Wildman–Crippen LogP) is 1.16. The van der Waals surface area contributed by atoms with Gasteiger partial charge in [-0.05, 0) is 25.5 Å². The number of nitrogens with zero attached hydrogens (tertiary/aromatic N) is 2. The van der Waals surface area contributed by atoms with Gasteiger partial charge in [0.15, 0.2) is 9.84 Å². The first-order valence-corrected chi connectivity index (χ1v) is 8.97. The first-order chi connectivity index (χ1) is 9.94. The molecule has 1 amide bonds. The van der Waals surface area contributed by atoms with Gasteiger partial charge in [0.2, 0.25) is 0 Å². The molecule has 1 N–H and O–H groups in total. The molecule has 0 aliphatic carbocycles. The zero-order valence-electron chi connectivity index (χ0n) is 12.4. The Bertz CT molecular complexity index is 616. The minimum atomic E-state index is -3.03. The largest absolute Gasteiger partial charge is 0.369 e. The van der Waals surface area contributed by atoms with Crippen LogP contribution in [0.5, 0.6) is 0 Å². The maximum Gasteiger partial charge on any atom is 0.257 e. The molecule has 1 atom stereocenters. The second kappa shape index (κ2) is 6.43. The molecular weight excluding hydrogens is 290 g/mol. The first kappa shape index (κ1) is 15.8. The maximum absolute atomic E-state index is 12.7. The Morgan fingerprint density at radius 2 is 2.29 bits per heavy atom. The van der Waals surface area contributed by atoms with Crippen molar-refractivity contribution in [1.82, 2.24) is 9.88 Å². The molecule has 1 aliphatic heterocycles. The van der Waals surface area contributed by atoms with Crippen LogP contribution in [0.4, 0.5) is 5.82 Å². The van der Waals surface area contributed by atoms with Gasteiger partial charge < -0.3 is 10.2 Å². The van der Waals surface area contributed by atoms with Crippen molar-refractivity contribution in [2.75, 3.05) is 29.9 Å². The van der Waals surface area contributed by atoms with Crippen LogP contribution in [0.2, 0.25) is 0 Å². The number of anilines is 1. The van der Waals surface area contributed by atoms with Gasteiger partial charge >= 0.3 is 0 Å². The summed E-state index contributed by atoms with van der Waals surface area (Å²) in [4.78, 5) is 18.5. The Kier molecular flexibility index (Phi) is 4.82. The third kappa shape index (κ3) is 3.72. The highest BCUT2D eigenvalue weighted by molar-refractivity contribution is 7.91. The lowest BCUT2D eigenvalue weighted by atomic mass is 10.2. The van der Waals surface area contributed by atoms with Crippen LogP contribution in [-0.4, -0.2) is 54.8 Å². The molecule has 0 spiro atoms. The Labute approximate surface area is 125 Å². The van der Waals surface area contributed by atoms with Crippen molar-refractivity contribution in [1.29, 1.82) is 0 Å². The van der Waals surface area contributed by atoms with E-state index in [1.165, 1.54) is 0 Å².